The number of nitrogens with one attached hydrogen (secondary N) is 2. The summed E-state index contributed by atoms with van der Waals surface area (Å²) in [5.74, 6) is 0.449. The quantitative estimate of drug-likeness (QED) is 0.866. The summed E-state index contributed by atoms with van der Waals surface area (Å²) < 4.78 is 0. The fourth-order valence-electron chi connectivity index (χ4n) is 1.45. The highest BCUT2D eigenvalue weighted by atomic mass is 35.5. The lowest BCUT2D eigenvalue weighted by molar-refractivity contribution is 0.262. The van der Waals surface area contributed by atoms with Gasteiger partial charge in [0.05, 0.1) is 5.02 Å². The van der Waals surface area contributed by atoms with Crippen molar-refractivity contribution in [1.82, 2.24) is 4.98 Å². The second-order valence-electron chi connectivity index (χ2n) is 3.81. The monoisotopic (exact) mass is 261 g/mol. The maximum atomic E-state index is 11.7. The van der Waals surface area contributed by atoms with E-state index in [4.69, 9.17) is 11.6 Å². The molecule has 0 spiro atoms. The van der Waals surface area contributed by atoms with Crippen LogP contribution in [0.4, 0.5) is 16.3 Å². The number of carbonyl (C=O) groups excluding carboxylic acids is 1. The molecule has 92 valence electrons. The summed E-state index contributed by atoms with van der Waals surface area (Å²) in [7, 11) is 0. The van der Waals surface area contributed by atoms with Gasteiger partial charge in [-0.1, -0.05) is 23.7 Å². The lowest BCUT2D eigenvalue weighted by atomic mass is 10.2. The number of amides is 2. The van der Waals surface area contributed by atoms with Gasteiger partial charge >= 0.3 is 6.03 Å². The average molecular weight is 262 g/mol. The number of rotatable bonds is 2. The zero-order chi connectivity index (χ0) is 13.0. The molecule has 2 N–H and O–H groups in total. The second-order valence-corrected chi connectivity index (χ2v) is 4.25. The van der Waals surface area contributed by atoms with E-state index in [1.807, 2.05) is 31.2 Å². The molecule has 0 radical (unpaired) electrons. The number of hydrogen-bond acceptors (Lipinski definition) is 2. The van der Waals surface area contributed by atoms with Crippen LogP contribution in [0.1, 0.15) is 5.56 Å². The number of nitrogens with zero attached hydrogens (tertiary/aromatic N) is 1. The first kappa shape index (κ1) is 12.4. The Morgan fingerprint density at radius 1 is 1.22 bits per heavy atom. The Kier molecular flexibility index (Phi) is 3.79. The third kappa shape index (κ3) is 3.46. The van der Waals surface area contributed by atoms with Crippen LogP contribution in [0.5, 0.6) is 0 Å². The van der Waals surface area contributed by atoms with Gasteiger partial charge in [-0.3, -0.25) is 5.32 Å². The molecule has 0 fully saturated rings. The maximum Gasteiger partial charge on any atom is 0.324 e. The molecule has 0 bridgehead atoms. The van der Waals surface area contributed by atoms with Crippen LogP contribution in [0.15, 0.2) is 42.6 Å². The summed E-state index contributed by atoms with van der Waals surface area (Å²) in [6.45, 7) is 1.96. The van der Waals surface area contributed by atoms with E-state index in [0.29, 0.717) is 10.8 Å². The predicted octanol–water partition coefficient (Wildman–Crippen LogP) is 3.69. The van der Waals surface area contributed by atoms with E-state index in [0.717, 1.165) is 11.3 Å². The predicted molar refractivity (Wildman–Crippen MR) is 73.1 cm³/mol. The molecule has 18 heavy (non-hydrogen) atoms. The number of carbonyl (C=O) groups is 1. The van der Waals surface area contributed by atoms with Crippen molar-refractivity contribution in [3.05, 3.63) is 53.2 Å². The highest BCUT2D eigenvalue weighted by Gasteiger charge is 2.03. The highest BCUT2D eigenvalue weighted by molar-refractivity contribution is 6.30. The number of benzene rings is 1. The molecule has 0 atom stereocenters. The Morgan fingerprint density at radius 3 is 2.72 bits per heavy atom. The SMILES string of the molecule is Cc1cccc(NC(=O)Nc2ccc(Cl)cn2)c1. The van der Waals surface area contributed by atoms with Crippen molar-refractivity contribution < 1.29 is 4.79 Å². The zero-order valence-corrected chi connectivity index (χ0v) is 10.5. The third-order valence-electron chi connectivity index (χ3n) is 2.24. The van der Waals surface area contributed by atoms with Gasteiger partial charge in [0.25, 0.3) is 0 Å². The number of urea groups is 1. The van der Waals surface area contributed by atoms with Gasteiger partial charge < -0.3 is 5.32 Å². The van der Waals surface area contributed by atoms with Gasteiger partial charge in [-0.2, -0.15) is 0 Å². The smallest absolute Gasteiger partial charge is 0.308 e. The summed E-state index contributed by atoms with van der Waals surface area (Å²) in [4.78, 5) is 15.7. The lowest BCUT2D eigenvalue weighted by Crippen LogP contribution is -2.19. The molecule has 2 amide bonds. The molecule has 0 aliphatic heterocycles. The first-order chi connectivity index (χ1) is 8.63. The van der Waals surface area contributed by atoms with Gasteiger partial charge in [0.1, 0.15) is 5.82 Å². The number of anilines is 2. The third-order valence-corrected chi connectivity index (χ3v) is 2.47. The zero-order valence-electron chi connectivity index (χ0n) is 9.77. The molecule has 0 aliphatic rings. The number of pyridine rings is 1. The molecule has 0 saturated carbocycles. The molecule has 1 heterocycles. The molecular weight excluding hydrogens is 250 g/mol. The average Bonchev–Trinajstić information content (AvgIpc) is 2.32. The molecule has 5 heteroatoms. The first-order valence-electron chi connectivity index (χ1n) is 5.40. The molecule has 0 saturated heterocycles. The number of halogens is 1. The van der Waals surface area contributed by atoms with Crippen LogP contribution < -0.4 is 10.6 Å². The lowest BCUT2D eigenvalue weighted by Gasteiger charge is -2.07. The molecule has 2 aromatic rings. The van der Waals surface area contributed by atoms with Gasteiger partial charge in [-0.05, 0) is 36.8 Å². The Labute approximate surface area is 110 Å². The van der Waals surface area contributed by atoms with Crippen LogP contribution in [0.2, 0.25) is 5.02 Å². The van der Waals surface area contributed by atoms with E-state index >= 15 is 0 Å². The fraction of sp³-hybridized carbons (Fsp3) is 0.0769. The normalized spacial score (nSPS) is 9.89. The Morgan fingerprint density at radius 2 is 2.06 bits per heavy atom. The first-order valence-corrected chi connectivity index (χ1v) is 5.77. The van der Waals surface area contributed by atoms with E-state index in [9.17, 15) is 4.79 Å². The van der Waals surface area contributed by atoms with E-state index in [-0.39, 0.29) is 6.03 Å². The molecule has 0 unspecified atom stereocenters. The topological polar surface area (TPSA) is 54.0 Å². The van der Waals surface area contributed by atoms with Crippen molar-refractivity contribution in [1.29, 1.82) is 0 Å². The van der Waals surface area contributed by atoms with E-state index in [1.54, 1.807) is 12.1 Å². The minimum atomic E-state index is -0.338. The van der Waals surface area contributed by atoms with Gasteiger partial charge in [-0.15, -0.1) is 0 Å². The Balaban J connectivity index is 1.98. The summed E-state index contributed by atoms with van der Waals surface area (Å²) in [5, 5.41) is 5.87. The Bertz CT molecular complexity index is 554. The van der Waals surface area contributed by atoms with Crippen molar-refractivity contribution in [2.75, 3.05) is 10.6 Å². The standard InChI is InChI=1S/C13H12ClN3O/c1-9-3-2-4-11(7-9)16-13(18)17-12-6-5-10(14)8-15-12/h2-8H,1H3,(H2,15,16,17,18). The van der Waals surface area contributed by atoms with Crippen molar-refractivity contribution >= 4 is 29.1 Å². The summed E-state index contributed by atoms with van der Waals surface area (Å²) in [6.07, 6.45) is 1.48. The minimum absolute atomic E-state index is 0.338. The van der Waals surface area contributed by atoms with Crippen molar-refractivity contribution in [3.8, 4) is 0 Å². The largest absolute Gasteiger partial charge is 0.324 e. The fourth-order valence-corrected chi connectivity index (χ4v) is 1.56. The maximum absolute atomic E-state index is 11.7. The number of aromatic nitrogens is 1. The molecule has 1 aromatic heterocycles. The van der Waals surface area contributed by atoms with E-state index in [1.165, 1.54) is 6.20 Å². The van der Waals surface area contributed by atoms with Crippen LogP contribution in [0.3, 0.4) is 0 Å². The van der Waals surface area contributed by atoms with Gasteiger partial charge in [0.15, 0.2) is 0 Å². The summed E-state index contributed by atoms with van der Waals surface area (Å²) in [6, 6.07) is 10.5. The van der Waals surface area contributed by atoms with Crippen molar-refractivity contribution in [2.45, 2.75) is 6.92 Å². The van der Waals surface area contributed by atoms with Crippen molar-refractivity contribution in [3.63, 3.8) is 0 Å². The summed E-state index contributed by atoms with van der Waals surface area (Å²) in [5.41, 5.74) is 1.82. The van der Waals surface area contributed by atoms with Crippen LogP contribution in [0, 0.1) is 6.92 Å². The van der Waals surface area contributed by atoms with Gasteiger partial charge in [0, 0.05) is 11.9 Å². The Hall–Kier alpha value is -2.07. The molecule has 1 aromatic carbocycles. The number of aryl methyl sites for hydroxylation is 1. The molecular formula is C13H12ClN3O. The summed E-state index contributed by atoms with van der Waals surface area (Å²) >= 11 is 5.70. The van der Waals surface area contributed by atoms with Crippen molar-refractivity contribution in [2.24, 2.45) is 0 Å². The van der Waals surface area contributed by atoms with Gasteiger partial charge in [-0.25, -0.2) is 9.78 Å². The van der Waals surface area contributed by atoms with E-state index < -0.39 is 0 Å². The molecule has 0 aliphatic carbocycles. The van der Waals surface area contributed by atoms with Crippen LogP contribution in [-0.2, 0) is 0 Å². The minimum Gasteiger partial charge on any atom is -0.308 e. The second kappa shape index (κ2) is 5.51. The molecule has 4 nitrogen and oxygen atoms in total. The molecule has 2 rings (SSSR count). The van der Waals surface area contributed by atoms with Crippen LogP contribution in [-0.4, -0.2) is 11.0 Å². The van der Waals surface area contributed by atoms with Crippen LogP contribution in [0.25, 0.3) is 0 Å². The number of hydrogen-bond donors (Lipinski definition) is 2. The van der Waals surface area contributed by atoms with Crippen LogP contribution >= 0.6 is 11.6 Å². The van der Waals surface area contributed by atoms with E-state index in [2.05, 4.69) is 15.6 Å². The highest BCUT2D eigenvalue weighted by Crippen LogP contribution is 2.12. The van der Waals surface area contributed by atoms with Gasteiger partial charge in [0.2, 0.25) is 0 Å².